The molecule has 1 aromatic rings. The van der Waals surface area contributed by atoms with Gasteiger partial charge in [-0.3, -0.25) is 4.79 Å². The summed E-state index contributed by atoms with van der Waals surface area (Å²) >= 11 is 1.64. The van der Waals surface area contributed by atoms with E-state index in [4.69, 9.17) is 4.74 Å². The number of carbonyl (C=O) groups is 1. The summed E-state index contributed by atoms with van der Waals surface area (Å²) in [6, 6.07) is 7.59. The molecule has 1 aromatic carbocycles. The van der Waals surface area contributed by atoms with E-state index in [0.29, 0.717) is 5.56 Å². The minimum atomic E-state index is -1.25. The van der Waals surface area contributed by atoms with Crippen molar-refractivity contribution in [3.05, 3.63) is 29.8 Å². The van der Waals surface area contributed by atoms with Gasteiger partial charge in [-0.25, -0.2) is 0 Å². The van der Waals surface area contributed by atoms with Crippen molar-refractivity contribution in [2.75, 3.05) is 6.26 Å². The van der Waals surface area contributed by atoms with Crippen LogP contribution in [0.5, 0.6) is 0 Å². The highest BCUT2D eigenvalue weighted by atomic mass is 32.2. The van der Waals surface area contributed by atoms with Gasteiger partial charge in [-0.1, -0.05) is 12.1 Å². The van der Waals surface area contributed by atoms with Gasteiger partial charge in [0.15, 0.2) is 0 Å². The molecule has 112 valence electrons. The van der Waals surface area contributed by atoms with Gasteiger partial charge in [-0.15, -0.1) is 11.8 Å². The Morgan fingerprint density at radius 3 is 2.10 bits per heavy atom. The van der Waals surface area contributed by atoms with Gasteiger partial charge >= 0.3 is 5.97 Å². The predicted molar refractivity (Wildman–Crippen MR) is 82.8 cm³/mol. The third-order valence-corrected chi connectivity index (χ3v) is 4.02. The van der Waals surface area contributed by atoms with Gasteiger partial charge in [-0.2, -0.15) is 0 Å². The molecule has 0 aromatic heterocycles. The van der Waals surface area contributed by atoms with Crippen LogP contribution in [-0.2, 0) is 15.1 Å². The van der Waals surface area contributed by atoms with Crippen molar-refractivity contribution in [1.82, 2.24) is 0 Å². The molecule has 0 amide bonds. The Labute approximate surface area is 125 Å². The van der Waals surface area contributed by atoms with Crippen LogP contribution in [0.2, 0.25) is 0 Å². The average molecular weight is 296 g/mol. The van der Waals surface area contributed by atoms with Crippen molar-refractivity contribution in [3.63, 3.8) is 0 Å². The van der Waals surface area contributed by atoms with E-state index in [-0.39, 0.29) is 0 Å². The second-order valence-corrected chi connectivity index (χ2v) is 7.01. The zero-order valence-corrected chi connectivity index (χ0v) is 13.9. The predicted octanol–water partition coefficient (Wildman–Crippen LogP) is 3.59. The molecule has 0 fully saturated rings. The number of thioether (sulfide) groups is 1. The molecule has 20 heavy (non-hydrogen) atoms. The lowest BCUT2D eigenvalue weighted by Gasteiger charge is -2.31. The maximum Gasteiger partial charge on any atom is 0.312 e. The van der Waals surface area contributed by atoms with Crippen LogP contribution < -0.4 is 0 Å². The van der Waals surface area contributed by atoms with E-state index in [0.717, 1.165) is 4.90 Å². The topological polar surface area (TPSA) is 46.5 Å². The van der Waals surface area contributed by atoms with E-state index in [1.165, 1.54) is 0 Å². The molecule has 1 N–H and O–H groups in total. The summed E-state index contributed by atoms with van der Waals surface area (Å²) in [4.78, 5) is 13.2. The molecule has 0 radical (unpaired) electrons. The van der Waals surface area contributed by atoms with E-state index >= 15 is 0 Å². The highest BCUT2D eigenvalue weighted by Crippen LogP contribution is 2.32. The molecule has 0 aliphatic carbocycles. The van der Waals surface area contributed by atoms with Crippen LogP contribution in [0.25, 0.3) is 0 Å². The highest BCUT2D eigenvalue weighted by Gasteiger charge is 2.37. The van der Waals surface area contributed by atoms with E-state index in [1.807, 2.05) is 51.3 Å². The summed E-state index contributed by atoms with van der Waals surface area (Å²) in [5.74, 6) is -1.03. The maximum atomic E-state index is 12.1. The van der Waals surface area contributed by atoms with Crippen molar-refractivity contribution in [2.45, 2.75) is 50.7 Å². The Bertz CT molecular complexity index is 458. The molecular formula is C16H24O3S. The number of rotatable bonds is 4. The van der Waals surface area contributed by atoms with Gasteiger partial charge in [0.1, 0.15) is 5.60 Å². The molecule has 2 atom stereocenters. The fraction of sp³-hybridized carbons (Fsp3) is 0.562. The van der Waals surface area contributed by atoms with Crippen molar-refractivity contribution < 1.29 is 14.6 Å². The lowest BCUT2D eigenvalue weighted by atomic mass is 9.84. The Balaban J connectivity index is 2.93. The SMILES string of the molecule is CSc1ccc(C(C)(O)C(C)C(=O)OC(C)(C)C)cc1. The zero-order valence-electron chi connectivity index (χ0n) is 13.1. The van der Waals surface area contributed by atoms with E-state index in [9.17, 15) is 9.90 Å². The Morgan fingerprint density at radius 2 is 1.70 bits per heavy atom. The first-order chi connectivity index (χ1) is 9.08. The number of aliphatic hydroxyl groups is 1. The second kappa shape index (κ2) is 6.19. The first-order valence-electron chi connectivity index (χ1n) is 6.67. The monoisotopic (exact) mass is 296 g/mol. The number of benzene rings is 1. The second-order valence-electron chi connectivity index (χ2n) is 6.13. The van der Waals surface area contributed by atoms with Crippen LogP contribution in [0.3, 0.4) is 0 Å². The third kappa shape index (κ3) is 4.25. The first kappa shape index (κ1) is 17.1. The van der Waals surface area contributed by atoms with Crippen molar-refractivity contribution in [3.8, 4) is 0 Å². The number of esters is 1. The van der Waals surface area contributed by atoms with Crippen LogP contribution in [0, 0.1) is 5.92 Å². The summed E-state index contributed by atoms with van der Waals surface area (Å²) in [5, 5.41) is 10.7. The van der Waals surface area contributed by atoms with Crippen LogP contribution >= 0.6 is 11.8 Å². The van der Waals surface area contributed by atoms with Crippen LogP contribution in [0.1, 0.15) is 40.2 Å². The molecule has 3 nitrogen and oxygen atoms in total. The summed E-state index contributed by atoms with van der Waals surface area (Å²) in [6.45, 7) is 8.80. The van der Waals surface area contributed by atoms with E-state index < -0.39 is 23.1 Å². The third-order valence-electron chi connectivity index (χ3n) is 3.28. The molecule has 0 saturated carbocycles. The number of hydrogen-bond acceptors (Lipinski definition) is 4. The summed E-state index contributed by atoms with van der Waals surface area (Å²) in [5.41, 5.74) is -1.09. The van der Waals surface area contributed by atoms with Crippen molar-refractivity contribution in [1.29, 1.82) is 0 Å². The minimum Gasteiger partial charge on any atom is -0.460 e. The lowest BCUT2D eigenvalue weighted by Crippen LogP contribution is -2.39. The molecule has 0 aliphatic rings. The minimum absolute atomic E-state index is 0.392. The Hall–Kier alpha value is -1.00. The molecule has 0 bridgehead atoms. The Morgan fingerprint density at radius 1 is 1.20 bits per heavy atom. The van der Waals surface area contributed by atoms with Crippen molar-refractivity contribution in [2.24, 2.45) is 5.92 Å². The quantitative estimate of drug-likeness (QED) is 0.681. The smallest absolute Gasteiger partial charge is 0.312 e. The molecule has 2 unspecified atom stereocenters. The molecule has 1 rings (SSSR count). The van der Waals surface area contributed by atoms with Crippen LogP contribution in [0.4, 0.5) is 0 Å². The van der Waals surface area contributed by atoms with Gasteiger partial charge in [0.2, 0.25) is 0 Å². The summed E-state index contributed by atoms with van der Waals surface area (Å²) < 4.78 is 5.35. The fourth-order valence-corrected chi connectivity index (χ4v) is 2.21. The zero-order chi connectivity index (χ0) is 15.6. The van der Waals surface area contributed by atoms with E-state index in [2.05, 4.69) is 0 Å². The fourth-order valence-electron chi connectivity index (χ4n) is 1.80. The molecule has 0 spiro atoms. The average Bonchev–Trinajstić information content (AvgIpc) is 2.35. The first-order valence-corrected chi connectivity index (χ1v) is 7.90. The van der Waals surface area contributed by atoms with Gasteiger partial charge < -0.3 is 9.84 Å². The molecular weight excluding hydrogens is 272 g/mol. The normalized spacial score (nSPS) is 16.4. The summed E-state index contributed by atoms with van der Waals surface area (Å²) in [7, 11) is 0. The Kier molecular flexibility index (Phi) is 5.27. The molecule has 0 heterocycles. The standard InChI is InChI=1S/C16H24O3S/c1-11(14(17)19-15(2,3)4)16(5,18)12-7-9-13(20-6)10-8-12/h7-11,18H,1-6H3. The number of ether oxygens (including phenoxy) is 1. The lowest BCUT2D eigenvalue weighted by molar-refractivity contribution is -0.168. The van der Waals surface area contributed by atoms with Gasteiger partial charge in [0, 0.05) is 4.90 Å². The number of hydrogen-bond donors (Lipinski definition) is 1. The van der Waals surface area contributed by atoms with Crippen LogP contribution in [0.15, 0.2) is 29.2 Å². The molecule has 4 heteroatoms. The summed E-state index contributed by atoms with van der Waals surface area (Å²) in [6.07, 6.45) is 2.00. The largest absolute Gasteiger partial charge is 0.460 e. The van der Waals surface area contributed by atoms with Gasteiger partial charge in [-0.05, 0) is 58.6 Å². The van der Waals surface area contributed by atoms with E-state index in [1.54, 1.807) is 25.6 Å². The maximum absolute atomic E-state index is 12.1. The van der Waals surface area contributed by atoms with Crippen molar-refractivity contribution >= 4 is 17.7 Å². The highest BCUT2D eigenvalue weighted by molar-refractivity contribution is 7.98. The molecule has 0 aliphatic heterocycles. The van der Waals surface area contributed by atoms with Crippen LogP contribution in [-0.4, -0.2) is 22.9 Å². The number of carbonyl (C=O) groups excluding carboxylic acids is 1. The molecule has 0 saturated heterocycles. The van der Waals surface area contributed by atoms with Gasteiger partial charge in [0.05, 0.1) is 11.5 Å². The van der Waals surface area contributed by atoms with Gasteiger partial charge in [0.25, 0.3) is 0 Å².